The molecule has 148 valence electrons. The summed E-state index contributed by atoms with van der Waals surface area (Å²) in [6.07, 6.45) is 0.699. The maximum Gasteiger partial charge on any atom is 0.325 e. The average molecular weight is 383 g/mol. The van der Waals surface area contributed by atoms with Crippen molar-refractivity contribution in [1.29, 1.82) is 0 Å². The van der Waals surface area contributed by atoms with Crippen molar-refractivity contribution < 1.29 is 19.1 Å². The number of benzene rings is 2. The van der Waals surface area contributed by atoms with Crippen LogP contribution in [0.4, 0.5) is 10.5 Å². The van der Waals surface area contributed by atoms with Crippen LogP contribution in [0.2, 0.25) is 0 Å². The molecule has 0 aromatic heterocycles. The zero-order valence-electron chi connectivity index (χ0n) is 16.2. The van der Waals surface area contributed by atoms with E-state index in [0.29, 0.717) is 31.8 Å². The third-order valence-electron chi connectivity index (χ3n) is 4.68. The van der Waals surface area contributed by atoms with Gasteiger partial charge in [0.2, 0.25) is 5.91 Å². The van der Waals surface area contributed by atoms with Gasteiger partial charge in [0.15, 0.2) is 0 Å². The zero-order chi connectivity index (χ0) is 19.9. The predicted octanol–water partition coefficient (Wildman–Crippen LogP) is 2.30. The average Bonchev–Trinajstić information content (AvgIpc) is 3.08. The third-order valence-corrected chi connectivity index (χ3v) is 4.68. The molecule has 0 unspecified atom stereocenters. The molecule has 1 heterocycles. The lowest BCUT2D eigenvalue weighted by atomic mass is 10.1. The topological polar surface area (TPSA) is 71.1 Å². The largest absolute Gasteiger partial charge is 0.497 e. The molecule has 2 aromatic rings. The summed E-state index contributed by atoms with van der Waals surface area (Å²) in [5, 5.41) is 2.88. The second kappa shape index (κ2) is 9.12. The number of carbonyl (C=O) groups is 2. The van der Waals surface area contributed by atoms with E-state index in [9.17, 15) is 9.59 Å². The number of methoxy groups -OCH3 is 2. The van der Waals surface area contributed by atoms with Crippen molar-refractivity contribution in [3.05, 3.63) is 54.1 Å². The highest BCUT2D eigenvalue weighted by Crippen LogP contribution is 2.30. The quantitative estimate of drug-likeness (QED) is 0.759. The standard InChI is InChI=1S/C21H25N3O4/c1-27-17-7-5-6-16(14-17)10-11-22-20(25)15-23-12-13-24(21(23)26)18-8-3-4-9-19(18)28-2/h3-9,14H,10-13,15H2,1-2H3,(H,22,25). The van der Waals surface area contributed by atoms with Gasteiger partial charge in [-0.1, -0.05) is 24.3 Å². The zero-order valence-corrected chi connectivity index (χ0v) is 16.2. The number of hydrogen-bond acceptors (Lipinski definition) is 4. The first kappa shape index (κ1) is 19.5. The predicted molar refractivity (Wildman–Crippen MR) is 107 cm³/mol. The molecule has 1 N–H and O–H groups in total. The van der Waals surface area contributed by atoms with Gasteiger partial charge in [0.25, 0.3) is 0 Å². The van der Waals surface area contributed by atoms with Crippen molar-refractivity contribution >= 4 is 17.6 Å². The first-order valence-corrected chi connectivity index (χ1v) is 9.21. The van der Waals surface area contributed by atoms with Gasteiger partial charge >= 0.3 is 6.03 Å². The molecule has 7 nitrogen and oxygen atoms in total. The second-order valence-electron chi connectivity index (χ2n) is 6.48. The Morgan fingerprint density at radius 1 is 1.07 bits per heavy atom. The molecule has 0 atom stereocenters. The summed E-state index contributed by atoms with van der Waals surface area (Å²) >= 11 is 0. The van der Waals surface area contributed by atoms with Crippen LogP contribution >= 0.6 is 0 Å². The smallest absolute Gasteiger partial charge is 0.325 e. The maximum atomic E-state index is 12.7. The van der Waals surface area contributed by atoms with Gasteiger partial charge < -0.3 is 19.7 Å². The normalized spacial score (nSPS) is 13.6. The van der Waals surface area contributed by atoms with Crippen molar-refractivity contribution in [2.75, 3.05) is 45.3 Å². The van der Waals surface area contributed by atoms with Gasteiger partial charge in [0.05, 0.1) is 19.9 Å². The molecule has 3 amide bonds. The number of ether oxygens (including phenoxy) is 2. The lowest BCUT2D eigenvalue weighted by molar-refractivity contribution is -0.121. The molecule has 1 saturated heterocycles. The number of amides is 3. The van der Waals surface area contributed by atoms with Gasteiger partial charge in [0, 0.05) is 19.6 Å². The van der Waals surface area contributed by atoms with E-state index in [-0.39, 0.29) is 18.5 Å². The Bertz CT molecular complexity index is 840. The Kier molecular flexibility index (Phi) is 6.37. The Balaban J connectivity index is 1.50. The van der Waals surface area contributed by atoms with Gasteiger partial charge in [-0.25, -0.2) is 4.79 Å². The van der Waals surface area contributed by atoms with Crippen molar-refractivity contribution in [2.45, 2.75) is 6.42 Å². The van der Waals surface area contributed by atoms with Crippen LogP contribution in [-0.4, -0.2) is 57.2 Å². The number of nitrogens with one attached hydrogen (secondary N) is 1. The van der Waals surface area contributed by atoms with Gasteiger partial charge in [0.1, 0.15) is 18.0 Å². The number of para-hydroxylation sites is 2. The Morgan fingerprint density at radius 3 is 2.68 bits per heavy atom. The fourth-order valence-corrected chi connectivity index (χ4v) is 3.21. The fourth-order valence-electron chi connectivity index (χ4n) is 3.21. The van der Waals surface area contributed by atoms with E-state index in [0.717, 1.165) is 17.0 Å². The van der Waals surface area contributed by atoms with E-state index < -0.39 is 0 Å². The van der Waals surface area contributed by atoms with Gasteiger partial charge in [-0.3, -0.25) is 9.69 Å². The van der Waals surface area contributed by atoms with E-state index in [1.54, 1.807) is 24.0 Å². The molecular weight excluding hydrogens is 358 g/mol. The minimum Gasteiger partial charge on any atom is -0.497 e. The van der Waals surface area contributed by atoms with Crippen LogP contribution in [-0.2, 0) is 11.2 Å². The summed E-state index contributed by atoms with van der Waals surface area (Å²) in [5.41, 5.74) is 1.80. The van der Waals surface area contributed by atoms with E-state index in [2.05, 4.69) is 5.32 Å². The van der Waals surface area contributed by atoms with Crippen LogP contribution in [0.1, 0.15) is 5.56 Å². The number of rotatable bonds is 8. The van der Waals surface area contributed by atoms with Gasteiger partial charge in [-0.2, -0.15) is 0 Å². The molecule has 0 bridgehead atoms. The number of carbonyl (C=O) groups excluding carboxylic acids is 2. The molecular formula is C21H25N3O4. The molecule has 0 saturated carbocycles. The van der Waals surface area contributed by atoms with Crippen molar-refractivity contribution in [3.63, 3.8) is 0 Å². The van der Waals surface area contributed by atoms with Gasteiger partial charge in [-0.05, 0) is 36.2 Å². The summed E-state index contributed by atoms with van der Waals surface area (Å²) in [6.45, 7) is 1.57. The highest BCUT2D eigenvalue weighted by atomic mass is 16.5. The van der Waals surface area contributed by atoms with Crippen molar-refractivity contribution in [2.24, 2.45) is 0 Å². The van der Waals surface area contributed by atoms with Crippen LogP contribution in [0.15, 0.2) is 48.5 Å². The number of anilines is 1. The molecule has 1 aliphatic heterocycles. The first-order chi connectivity index (χ1) is 13.6. The fraction of sp³-hybridized carbons (Fsp3) is 0.333. The number of hydrogen-bond donors (Lipinski definition) is 1. The Labute approximate surface area is 164 Å². The molecule has 0 aliphatic carbocycles. The highest BCUT2D eigenvalue weighted by molar-refractivity contribution is 5.97. The lowest BCUT2D eigenvalue weighted by Crippen LogP contribution is -2.40. The highest BCUT2D eigenvalue weighted by Gasteiger charge is 2.32. The minimum absolute atomic E-state index is 0.0442. The molecule has 0 spiro atoms. The van der Waals surface area contributed by atoms with Gasteiger partial charge in [-0.15, -0.1) is 0 Å². The van der Waals surface area contributed by atoms with Crippen molar-refractivity contribution in [3.8, 4) is 11.5 Å². The van der Waals surface area contributed by atoms with Crippen LogP contribution in [0.25, 0.3) is 0 Å². The van der Waals surface area contributed by atoms with Crippen LogP contribution in [0.3, 0.4) is 0 Å². The molecule has 1 fully saturated rings. The summed E-state index contributed by atoms with van der Waals surface area (Å²) in [5.74, 6) is 1.27. The second-order valence-corrected chi connectivity index (χ2v) is 6.48. The minimum atomic E-state index is -0.188. The van der Waals surface area contributed by atoms with E-state index in [1.807, 2.05) is 48.5 Å². The summed E-state index contributed by atoms with van der Waals surface area (Å²) in [7, 11) is 3.20. The number of urea groups is 1. The maximum absolute atomic E-state index is 12.7. The van der Waals surface area contributed by atoms with Crippen LogP contribution in [0, 0.1) is 0 Å². The van der Waals surface area contributed by atoms with Crippen molar-refractivity contribution in [1.82, 2.24) is 10.2 Å². The van der Waals surface area contributed by atoms with E-state index in [1.165, 1.54) is 0 Å². The van der Waals surface area contributed by atoms with E-state index in [4.69, 9.17) is 9.47 Å². The molecule has 28 heavy (non-hydrogen) atoms. The molecule has 2 aromatic carbocycles. The Hall–Kier alpha value is -3.22. The Morgan fingerprint density at radius 2 is 1.89 bits per heavy atom. The monoisotopic (exact) mass is 383 g/mol. The van der Waals surface area contributed by atoms with E-state index >= 15 is 0 Å². The first-order valence-electron chi connectivity index (χ1n) is 9.21. The lowest BCUT2D eigenvalue weighted by Gasteiger charge is -2.20. The molecule has 7 heteroatoms. The number of nitrogens with zero attached hydrogens (tertiary/aromatic N) is 2. The summed E-state index contributed by atoms with van der Waals surface area (Å²) in [6, 6.07) is 14.9. The van der Waals surface area contributed by atoms with Crippen LogP contribution < -0.4 is 19.7 Å². The third kappa shape index (κ3) is 4.54. The summed E-state index contributed by atoms with van der Waals surface area (Å²) in [4.78, 5) is 28.1. The SMILES string of the molecule is COc1cccc(CCNC(=O)CN2CCN(c3ccccc3OC)C2=O)c1. The molecule has 0 radical (unpaired) electrons. The molecule has 3 rings (SSSR count). The molecule has 1 aliphatic rings. The van der Waals surface area contributed by atoms with Crippen LogP contribution in [0.5, 0.6) is 11.5 Å². The summed E-state index contributed by atoms with van der Waals surface area (Å²) < 4.78 is 10.5.